The first-order chi connectivity index (χ1) is 11.7. The minimum Gasteiger partial charge on any atom is -0.333 e. The zero-order chi connectivity index (χ0) is 16.5. The van der Waals surface area contributed by atoms with Crippen LogP contribution in [0.25, 0.3) is 11.2 Å². The molecule has 4 rings (SSSR count). The standard InChI is InChI=1S/C16H13BrN6O/c17-13-8-20-15-5-14(21-23(15)9-13)16(24)22-3-1-11(2-4-22)12-6-18-10-19-7-12/h1,5-10H,2-4H2. The van der Waals surface area contributed by atoms with Crippen LogP contribution in [-0.2, 0) is 0 Å². The highest BCUT2D eigenvalue weighted by Crippen LogP contribution is 2.22. The van der Waals surface area contributed by atoms with Gasteiger partial charge >= 0.3 is 0 Å². The molecule has 24 heavy (non-hydrogen) atoms. The molecule has 3 aromatic rings. The lowest BCUT2D eigenvalue weighted by atomic mass is 10.0. The van der Waals surface area contributed by atoms with Gasteiger partial charge in [-0.2, -0.15) is 5.10 Å². The average molecular weight is 385 g/mol. The van der Waals surface area contributed by atoms with Crippen LogP contribution in [0.5, 0.6) is 0 Å². The molecule has 0 bridgehead atoms. The van der Waals surface area contributed by atoms with Crippen LogP contribution >= 0.6 is 15.9 Å². The highest BCUT2D eigenvalue weighted by atomic mass is 79.9. The molecule has 0 aliphatic carbocycles. The third-order valence-electron chi connectivity index (χ3n) is 3.93. The van der Waals surface area contributed by atoms with E-state index < -0.39 is 0 Å². The smallest absolute Gasteiger partial charge is 0.274 e. The Kier molecular flexibility index (Phi) is 3.81. The molecule has 0 saturated heterocycles. The van der Waals surface area contributed by atoms with Crippen LogP contribution in [0, 0.1) is 0 Å². The lowest BCUT2D eigenvalue weighted by Gasteiger charge is -2.25. The van der Waals surface area contributed by atoms with Crippen molar-refractivity contribution in [3.63, 3.8) is 0 Å². The van der Waals surface area contributed by atoms with Gasteiger partial charge in [-0.3, -0.25) is 4.79 Å². The molecule has 1 aliphatic rings. The number of hydrogen-bond acceptors (Lipinski definition) is 5. The summed E-state index contributed by atoms with van der Waals surface area (Å²) in [6.07, 6.45) is 11.4. The van der Waals surface area contributed by atoms with E-state index in [1.807, 2.05) is 6.08 Å². The summed E-state index contributed by atoms with van der Waals surface area (Å²) in [5.41, 5.74) is 3.23. The monoisotopic (exact) mass is 384 g/mol. The quantitative estimate of drug-likeness (QED) is 0.676. The summed E-state index contributed by atoms with van der Waals surface area (Å²) in [6, 6.07) is 1.71. The molecule has 0 unspecified atom stereocenters. The molecule has 3 aromatic heterocycles. The minimum absolute atomic E-state index is 0.0868. The Morgan fingerprint density at radius 2 is 2.04 bits per heavy atom. The minimum atomic E-state index is -0.0868. The lowest BCUT2D eigenvalue weighted by molar-refractivity contribution is 0.0766. The van der Waals surface area contributed by atoms with Crippen LogP contribution in [0.2, 0.25) is 0 Å². The molecule has 0 aromatic carbocycles. The Hall–Kier alpha value is -2.61. The third-order valence-corrected chi connectivity index (χ3v) is 4.34. The zero-order valence-corrected chi connectivity index (χ0v) is 14.2. The summed E-state index contributed by atoms with van der Waals surface area (Å²) in [4.78, 5) is 26.7. The van der Waals surface area contributed by atoms with Gasteiger partial charge in [-0.1, -0.05) is 6.08 Å². The van der Waals surface area contributed by atoms with Gasteiger partial charge in [-0.25, -0.2) is 19.5 Å². The summed E-state index contributed by atoms with van der Waals surface area (Å²) in [5, 5.41) is 4.32. The molecule has 8 heteroatoms. The van der Waals surface area contributed by atoms with E-state index in [4.69, 9.17) is 0 Å². The number of aromatic nitrogens is 5. The maximum absolute atomic E-state index is 12.7. The Morgan fingerprint density at radius 1 is 1.21 bits per heavy atom. The van der Waals surface area contributed by atoms with Gasteiger partial charge in [-0.05, 0) is 27.9 Å². The zero-order valence-electron chi connectivity index (χ0n) is 12.6. The first-order valence-corrected chi connectivity index (χ1v) is 8.24. The van der Waals surface area contributed by atoms with Crippen LogP contribution < -0.4 is 0 Å². The highest BCUT2D eigenvalue weighted by molar-refractivity contribution is 9.10. The summed E-state index contributed by atoms with van der Waals surface area (Å²) in [7, 11) is 0. The van der Waals surface area contributed by atoms with Crippen LogP contribution in [-0.4, -0.2) is 48.5 Å². The number of halogens is 1. The van der Waals surface area contributed by atoms with Crippen molar-refractivity contribution < 1.29 is 4.79 Å². The fraction of sp³-hybridized carbons (Fsp3) is 0.188. The molecule has 1 aliphatic heterocycles. The second kappa shape index (κ2) is 6.12. The molecule has 0 atom stereocenters. The number of nitrogens with zero attached hydrogens (tertiary/aromatic N) is 6. The molecule has 0 spiro atoms. The lowest BCUT2D eigenvalue weighted by Crippen LogP contribution is -2.34. The van der Waals surface area contributed by atoms with Crippen molar-refractivity contribution >= 4 is 33.1 Å². The van der Waals surface area contributed by atoms with Crippen molar-refractivity contribution in [2.75, 3.05) is 13.1 Å². The van der Waals surface area contributed by atoms with Crippen LogP contribution in [0.3, 0.4) is 0 Å². The van der Waals surface area contributed by atoms with Gasteiger partial charge < -0.3 is 4.90 Å². The van der Waals surface area contributed by atoms with Crippen LogP contribution in [0.15, 0.2) is 47.7 Å². The number of rotatable bonds is 2. The molecule has 0 N–H and O–H groups in total. The molecule has 120 valence electrons. The van der Waals surface area contributed by atoms with Crippen LogP contribution in [0.4, 0.5) is 0 Å². The van der Waals surface area contributed by atoms with E-state index in [9.17, 15) is 4.79 Å². The predicted molar refractivity (Wildman–Crippen MR) is 91.2 cm³/mol. The Balaban J connectivity index is 1.54. The Labute approximate surface area is 146 Å². The molecule has 1 amide bonds. The van der Waals surface area contributed by atoms with E-state index in [0.29, 0.717) is 24.4 Å². The third kappa shape index (κ3) is 2.80. The van der Waals surface area contributed by atoms with Crippen molar-refractivity contribution in [3.05, 3.63) is 59.0 Å². The molecule has 4 heterocycles. The van der Waals surface area contributed by atoms with Crippen molar-refractivity contribution in [1.29, 1.82) is 0 Å². The van der Waals surface area contributed by atoms with E-state index in [1.165, 1.54) is 11.9 Å². The Morgan fingerprint density at radius 3 is 2.79 bits per heavy atom. The predicted octanol–water partition coefficient (Wildman–Crippen LogP) is 2.21. The fourth-order valence-electron chi connectivity index (χ4n) is 2.70. The van der Waals surface area contributed by atoms with Gasteiger partial charge in [0.05, 0.1) is 4.47 Å². The number of fused-ring (bicyclic) bond motifs is 1. The fourth-order valence-corrected chi connectivity index (χ4v) is 3.00. The topological polar surface area (TPSA) is 76.3 Å². The van der Waals surface area contributed by atoms with Gasteiger partial charge in [0.2, 0.25) is 0 Å². The van der Waals surface area contributed by atoms with Gasteiger partial charge in [0.25, 0.3) is 5.91 Å². The average Bonchev–Trinajstić information content (AvgIpc) is 3.05. The van der Waals surface area contributed by atoms with Gasteiger partial charge in [-0.15, -0.1) is 0 Å². The maximum Gasteiger partial charge on any atom is 0.274 e. The molecular formula is C16H13BrN6O. The normalized spacial score (nSPS) is 14.7. The summed E-state index contributed by atoms with van der Waals surface area (Å²) < 4.78 is 2.41. The van der Waals surface area contributed by atoms with Crippen LogP contribution in [0.1, 0.15) is 22.5 Å². The number of hydrogen-bond donors (Lipinski definition) is 0. The van der Waals surface area contributed by atoms with Crippen molar-refractivity contribution in [3.8, 4) is 0 Å². The van der Waals surface area contributed by atoms with Crippen molar-refractivity contribution in [2.24, 2.45) is 0 Å². The van der Waals surface area contributed by atoms with Crippen molar-refractivity contribution in [2.45, 2.75) is 6.42 Å². The SMILES string of the molecule is O=C(c1cc2ncc(Br)cn2n1)N1CC=C(c2cncnc2)CC1. The second-order valence-electron chi connectivity index (χ2n) is 5.46. The van der Waals surface area contributed by atoms with E-state index in [2.05, 4.69) is 36.0 Å². The second-order valence-corrected chi connectivity index (χ2v) is 6.38. The molecule has 0 radical (unpaired) electrons. The summed E-state index contributed by atoms with van der Waals surface area (Å²) in [6.45, 7) is 1.19. The maximum atomic E-state index is 12.7. The first-order valence-electron chi connectivity index (χ1n) is 7.45. The van der Waals surface area contributed by atoms with E-state index >= 15 is 0 Å². The van der Waals surface area contributed by atoms with Crippen molar-refractivity contribution in [1.82, 2.24) is 29.5 Å². The highest BCUT2D eigenvalue weighted by Gasteiger charge is 2.22. The molecular weight excluding hydrogens is 372 g/mol. The Bertz CT molecular complexity index is 936. The number of carbonyl (C=O) groups excluding carboxylic acids is 1. The molecule has 0 saturated carbocycles. The van der Waals surface area contributed by atoms with Gasteiger partial charge in [0.1, 0.15) is 6.33 Å². The van der Waals surface area contributed by atoms with E-state index in [-0.39, 0.29) is 5.91 Å². The van der Waals surface area contributed by atoms with Gasteiger partial charge in [0.15, 0.2) is 11.3 Å². The first kappa shape index (κ1) is 14.9. The number of carbonyl (C=O) groups is 1. The summed E-state index contributed by atoms with van der Waals surface area (Å²) in [5.74, 6) is -0.0868. The van der Waals surface area contributed by atoms with E-state index in [1.54, 1.807) is 40.3 Å². The van der Waals surface area contributed by atoms with Gasteiger partial charge in [0, 0.05) is 49.5 Å². The summed E-state index contributed by atoms with van der Waals surface area (Å²) >= 11 is 3.35. The number of amides is 1. The van der Waals surface area contributed by atoms with E-state index in [0.717, 1.165) is 16.5 Å². The molecule has 0 fully saturated rings. The largest absolute Gasteiger partial charge is 0.333 e. The molecule has 7 nitrogen and oxygen atoms in total.